The van der Waals surface area contributed by atoms with Gasteiger partial charge in [-0.1, -0.05) is 0 Å². The fourth-order valence-electron chi connectivity index (χ4n) is 1.01. The van der Waals surface area contributed by atoms with Crippen LogP contribution in [0.5, 0.6) is 0 Å². The lowest BCUT2D eigenvalue weighted by atomic mass is 10.4. The van der Waals surface area contributed by atoms with Gasteiger partial charge in [-0.15, -0.1) is 11.3 Å². The zero-order valence-electron chi connectivity index (χ0n) is 7.52. The maximum absolute atomic E-state index is 5.24. The Morgan fingerprint density at radius 3 is 2.85 bits per heavy atom. The number of aromatic nitrogens is 1. The van der Waals surface area contributed by atoms with Crippen LogP contribution < -0.4 is 4.90 Å². The van der Waals surface area contributed by atoms with E-state index in [9.17, 15) is 0 Å². The van der Waals surface area contributed by atoms with Crippen molar-refractivity contribution in [2.24, 2.45) is 0 Å². The van der Waals surface area contributed by atoms with Gasteiger partial charge < -0.3 is 9.32 Å². The summed E-state index contributed by atoms with van der Waals surface area (Å²) in [7, 11) is 3.95. The molecule has 0 N–H and O–H groups in total. The number of hydrogen-bond donors (Lipinski definition) is 0. The smallest absolute Gasteiger partial charge is 0.185 e. The minimum atomic E-state index is 0.823. The van der Waals surface area contributed by atoms with Gasteiger partial charge in [-0.2, -0.15) is 0 Å². The van der Waals surface area contributed by atoms with E-state index in [4.69, 9.17) is 4.42 Å². The quantitative estimate of drug-likeness (QED) is 0.735. The SMILES string of the molecule is CN(C)c1nc(-c2ccco2)cs1. The summed E-state index contributed by atoms with van der Waals surface area (Å²) in [6.07, 6.45) is 1.66. The first-order valence-corrected chi connectivity index (χ1v) is 4.82. The molecule has 68 valence electrons. The van der Waals surface area contributed by atoms with Gasteiger partial charge in [0.15, 0.2) is 10.9 Å². The van der Waals surface area contributed by atoms with Gasteiger partial charge in [-0.3, -0.25) is 0 Å². The summed E-state index contributed by atoms with van der Waals surface area (Å²) in [5, 5.41) is 2.99. The van der Waals surface area contributed by atoms with Gasteiger partial charge in [0.05, 0.1) is 6.26 Å². The predicted molar refractivity (Wildman–Crippen MR) is 54.1 cm³/mol. The molecular weight excluding hydrogens is 184 g/mol. The second kappa shape index (κ2) is 3.22. The molecule has 2 aromatic heterocycles. The Kier molecular flexibility index (Phi) is 2.06. The average Bonchev–Trinajstić information content (AvgIpc) is 2.75. The van der Waals surface area contributed by atoms with Crippen molar-refractivity contribution in [3.8, 4) is 11.5 Å². The molecule has 4 heteroatoms. The molecule has 0 radical (unpaired) electrons. The highest BCUT2D eigenvalue weighted by molar-refractivity contribution is 7.14. The van der Waals surface area contributed by atoms with Crippen molar-refractivity contribution < 1.29 is 4.42 Å². The fraction of sp³-hybridized carbons (Fsp3) is 0.222. The third-order valence-electron chi connectivity index (χ3n) is 1.65. The van der Waals surface area contributed by atoms with Crippen LogP contribution in [-0.2, 0) is 0 Å². The second-order valence-corrected chi connectivity index (χ2v) is 3.72. The van der Waals surface area contributed by atoms with E-state index in [0.29, 0.717) is 0 Å². The Balaban J connectivity index is 2.33. The molecule has 0 spiro atoms. The molecule has 0 saturated carbocycles. The Bertz CT molecular complexity index is 378. The van der Waals surface area contributed by atoms with Gasteiger partial charge in [0.1, 0.15) is 5.69 Å². The van der Waals surface area contributed by atoms with Gasteiger partial charge in [0.2, 0.25) is 0 Å². The van der Waals surface area contributed by atoms with E-state index in [1.807, 2.05) is 36.5 Å². The normalized spacial score (nSPS) is 10.3. The van der Waals surface area contributed by atoms with E-state index < -0.39 is 0 Å². The molecule has 0 aliphatic heterocycles. The topological polar surface area (TPSA) is 29.3 Å². The maximum Gasteiger partial charge on any atom is 0.185 e. The van der Waals surface area contributed by atoms with Crippen LogP contribution in [0.4, 0.5) is 5.13 Å². The minimum absolute atomic E-state index is 0.823. The van der Waals surface area contributed by atoms with Crippen molar-refractivity contribution in [2.45, 2.75) is 0 Å². The number of hydrogen-bond acceptors (Lipinski definition) is 4. The molecular formula is C9H10N2OS. The van der Waals surface area contributed by atoms with Crippen molar-refractivity contribution in [3.05, 3.63) is 23.8 Å². The fourth-order valence-corrected chi connectivity index (χ4v) is 1.75. The third kappa shape index (κ3) is 1.58. The van der Waals surface area contributed by atoms with Crippen LogP contribution >= 0.6 is 11.3 Å². The summed E-state index contributed by atoms with van der Waals surface area (Å²) in [6.45, 7) is 0. The van der Waals surface area contributed by atoms with E-state index in [2.05, 4.69) is 4.98 Å². The third-order valence-corrected chi connectivity index (χ3v) is 2.66. The van der Waals surface area contributed by atoms with Crippen LogP contribution in [0.15, 0.2) is 28.2 Å². The van der Waals surface area contributed by atoms with Crippen molar-refractivity contribution in [1.29, 1.82) is 0 Å². The number of nitrogens with zero attached hydrogens (tertiary/aromatic N) is 2. The molecule has 0 amide bonds. The molecule has 0 bridgehead atoms. The monoisotopic (exact) mass is 194 g/mol. The van der Waals surface area contributed by atoms with Crippen molar-refractivity contribution >= 4 is 16.5 Å². The van der Waals surface area contributed by atoms with Crippen LogP contribution in [-0.4, -0.2) is 19.1 Å². The Hall–Kier alpha value is -1.29. The number of furan rings is 1. The highest BCUT2D eigenvalue weighted by atomic mass is 32.1. The second-order valence-electron chi connectivity index (χ2n) is 2.89. The Labute approximate surface area is 80.6 Å². The first-order chi connectivity index (χ1) is 6.27. The summed E-state index contributed by atoms with van der Waals surface area (Å²) in [6, 6.07) is 3.78. The van der Waals surface area contributed by atoms with E-state index >= 15 is 0 Å². The zero-order chi connectivity index (χ0) is 9.26. The van der Waals surface area contributed by atoms with E-state index in [0.717, 1.165) is 16.6 Å². The first kappa shape index (κ1) is 8.31. The largest absolute Gasteiger partial charge is 0.463 e. The molecule has 13 heavy (non-hydrogen) atoms. The summed E-state index contributed by atoms with van der Waals surface area (Å²) in [5.41, 5.74) is 0.902. The van der Waals surface area contributed by atoms with Gasteiger partial charge in [0, 0.05) is 19.5 Å². The summed E-state index contributed by atoms with van der Waals surface area (Å²) in [5.74, 6) is 0.823. The summed E-state index contributed by atoms with van der Waals surface area (Å²) >= 11 is 1.61. The molecule has 3 nitrogen and oxygen atoms in total. The predicted octanol–water partition coefficient (Wildman–Crippen LogP) is 2.47. The van der Waals surface area contributed by atoms with Crippen LogP contribution in [0, 0.1) is 0 Å². The lowest BCUT2D eigenvalue weighted by Gasteiger charge is -2.04. The highest BCUT2D eigenvalue weighted by Gasteiger charge is 2.06. The molecule has 0 aliphatic rings. The molecule has 2 heterocycles. The molecule has 0 atom stereocenters. The van der Waals surface area contributed by atoms with Crippen molar-refractivity contribution in [3.63, 3.8) is 0 Å². The number of anilines is 1. The molecule has 0 fully saturated rings. The lowest BCUT2D eigenvalue weighted by molar-refractivity contribution is 0.580. The van der Waals surface area contributed by atoms with Crippen LogP contribution in [0.3, 0.4) is 0 Å². The number of rotatable bonds is 2. The molecule has 0 saturated heterocycles. The Morgan fingerprint density at radius 2 is 2.31 bits per heavy atom. The number of thiazole rings is 1. The Morgan fingerprint density at radius 1 is 1.46 bits per heavy atom. The van der Waals surface area contributed by atoms with E-state index in [1.165, 1.54) is 0 Å². The highest BCUT2D eigenvalue weighted by Crippen LogP contribution is 2.26. The zero-order valence-corrected chi connectivity index (χ0v) is 8.34. The van der Waals surface area contributed by atoms with Gasteiger partial charge in [-0.05, 0) is 12.1 Å². The van der Waals surface area contributed by atoms with E-state index in [-0.39, 0.29) is 0 Å². The van der Waals surface area contributed by atoms with Crippen LogP contribution in [0.1, 0.15) is 0 Å². The molecule has 2 rings (SSSR count). The van der Waals surface area contributed by atoms with Crippen LogP contribution in [0.2, 0.25) is 0 Å². The van der Waals surface area contributed by atoms with Crippen molar-refractivity contribution in [2.75, 3.05) is 19.0 Å². The first-order valence-electron chi connectivity index (χ1n) is 3.94. The maximum atomic E-state index is 5.24. The molecule has 0 unspecified atom stereocenters. The van der Waals surface area contributed by atoms with Crippen LogP contribution in [0.25, 0.3) is 11.5 Å². The molecule has 2 aromatic rings. The summed E-state index contributed by atoms with van der Waals surface area (Å²) < 4.78 is 5.24. The standard InChI is InChI=1S/C9H10N2OS/c1-11(2)9-10-7(6-13-9)8-4-3-5-12-8/h3-6H,1-2H3. The summed E-state index contributed by atoms with van der Waals surface area (Å²) in [4.78, 5) is 6.39. The van der Waals surface area contributed by atoms with Crippen molar-refractivity contribution in [1.82, 2.24) is 4.98 Å². The average molecular weight is 194 g/mol. The van der Waals surface area contributed by atoms with Gasteiger partial charge >= 0.3 is 0 Å². The van der Waals surface area contributed by atoms with Gasteiger partial charge in [-0.25, -0.2) is 4.98 Å². The van der Waals surface area contributed by atoms with Gasteiger partial charge in [0.25, 0.3) is 0 Å². The van der Waals surface area contributed by atoms with E-state index in [1.54, 1.807) is 17.6 Å². The molecule has 0 aromatic carbocycles. The molecule has 0 aliphatic carbocycles. The minimum Gasteiger partial charge on any atom is -0.463 e. The lowest BCUT2D eigenvalue weighted by Crippen LogP contribution is -2.07.